The van der Waals surface area contributed by atoms with Crippen molar-refractivity contribution in [3.05, 3.63) is 114 Å². The summed E-state index contributed by atoms with van der Waals surface area (Å²) in [6, 6.07) is 32.3. The number of aromatic nitrogens is 6. The minimum atomic E-state index is -0.156. The molecule has 2 heterocycles. The van der Waals surface area contributed by atoms with Crippen LogP contribution < -0.4 is 10.1 Å². The lowest BCUT2D eigenvalue weighted by Crippen LogP contribution is -2.23. The van der Waals surface area contributed by atoms with Crippen molar-refractivity contribution in [1.29, 1.82) is 0 Å². The molecule has 204 valence electrons. The van der Waals surface area contributed by atoms with E-state index in [-0.39, 0.29) is 5.91 Å². The van der Waals surface area contributed by atoms with E-state index in [1.54, 1.807) is 0 Å². The Labute approximate surface area is 237 Å². The molecule has 0 unspecified atom stereocenters. The van der Waals surface area contributed by atoms with Gasteiger partial charge in [-0.3, -0.25) is 9.36 Å². The number of nitrogens with zero attached hydrogens (tertiary/aromatic N) is 5. The second-order valence-corrected chi connectivity index (χ2v) is 9.65. The van der Waals surface area contributed by atoms with Crippen LogP contribution >= 0.6 is 0 Å². The number of hydrogen-bond acceptors (Lipinski definition) is 6. The van der Waals surface area contributed by atoms with Crippen molar-refractivity contribution >= 4 is 16.9 Å². The van der Waals surface area contributed by atoms with Gasteiger partial charge in [-0.2, -0.15) is 10.2 Å². The monoisotopic (exact) mass is 543 g/mol. The lowest BCUT2D eigenvalue weighted by atomic mass is 9.98. The molecule has 0 atom stereocenters. The van der Waals surface area contributed by atoms with Crippen LogP contribution in [0.3, 0.4) is 0 Å². The van der Waals surface area contributed by atoms with Crippen molar-refractivity contribution in [1.82, 2.24) is 35.5 Å². The van der Waals surface area contributed by atoms with Gasteiger partial charge in [0.1, 0.15) is 0 Å². The summed E-state index contributed by atoms with van der Waals surface area (Å²) in [4.78, 5) is 18.1. The van der Waals surface area contributed by atoms with Crippen LogP contribution in [0.1, 0.15) is 34.8 Å². The summed E-state index contributed by atoms with van der Waals surface area (Å²) in [6.45, 7) is 3.52. The summed E-state index contributed by atoms with van der Waals surface area (Å²) in [7, 11) is 0. The van der Waals surface area contributed by atoms with Gasteiger partial charge < -0.3 is 10.1 Å². The van der Waals surface area contributed by atoms with Crippen molar-refractivity contribution < 1.29 is 9.53 Å². The fraction of sp³-hybridized carbons (Fsp3) is 0.156. The van der Waals surface area contributed by atoms with E-state index < -0.39 is 0 Å². The Kier molecular flexibility index (Phi) is 7.49. The first-order valence-corrected chi connectivity index (χ1v) is 13.6. The number of carbonyl (C=O) groups excluding carboxylic acids is 1. The second-order valence-electron chi connectivity index (χ2n) is 9.65. The highest BCUT2D eigenvalue weighted by molar-refractivity contribution is 6.05. The van der Waals surface area contributed by atoms with Gasteiger partial charge >= 0.3 is 0 Å². The van der Waals surface area contributed by atoms with Crippen LogP contribution in [-0.4, -0.2) is 42.7 Å². The first kappa shape index (κ1) is 25.9. The first-order chi connectivity index (χ1) is 20.2. The van der Waals surface area contributed by atoms with Crippen LogP contribution in [-0.2, 0) is 13.1 Å². The van der Waals surface area contributed by atoms with E-state index in [0.29, 0.717) is 42.6 Å². The van der Waals surface area contributed by atoms with E-state index in [1.165, 1.54) is 0 Å². The number of nitrogens with one attached hydrogen (secondary N) is 2. The highest BCUT2D eigenvalue weighted by atomic mass is 16.5. The number of rotatable bonds is 10. The molecular weight excluding hydrogens is 514 g/mol. The molecular formula is C32H29N7O2. The van der Waals surface area contributed by atoms with E-state index in [0.717, 1.165) is 39.8 Å². The van der Waals surface area contributed by atoms with Crippen LogP contribution in [0.25, 0.3) is 33.5 Å². The number of para-hydroxylation sites is 1. The van der Waals surface area contributed by atoms with Gasteiger partial charge in [-0.05, 0) is 46.0 Å². The molecule has 6 rings (SSSR count). The van der Waals surface area contributed by atoms with Crippen LogP contribution in [0, 0.1) is 0 Å². The Morgan fingerprint density at radius 1 is 0.878 bits per heavy atom. The van der Waals surface area contributed by atoms with E-state index >= 15 is 0 Å². The second kappa shape index (κ2) is 11.8. The van der Waals surface area contributed by atoms with Crippen molar-refractivity contribution in [3.63, 3.8) is 0 Å². The minimum absolute atomic E-state index is 0.156. The molecule has 4 aromatic carbocycles. The molecule has 0 saturated heterocycles. The molecule has 0 aliphatic rings. The zero-order chi connectivity index (χ0) is 28.0. The lowest BCUT2D eigenvalue weighted by molar-refractivity contribution is 0.0952. The van der Waals surface area contributed by atoms with Crippen molar-refractivity contribution in [2.24, 2.45) is 0 Å². The Hall–Kier alpha value is -5.31. The van der Waals surface area contributed by atoms with Crippen LogP contribution in [0.15, 0.2) is 97.1 Å². The van der Waals surface area contributed by atoms with Gasteiger partial charge in [-0.15, -0.1) is 10.2 Å². The molecule has 1 amide bonds. The maximum absolute atomic E-state index is 13.4. The molecule has 2 aromatic heterocycles. The average molecular weight is 544 g/mol. The number of benzene rings is 4. The smallest absolute Gasteiger partial charge is 0.297 e. The number of tetrazole rings is 1. The fourth-order valence-electron chi connectivity index (χ4n) is 4.85. The Morgan fingerprint density at radius 3 is 2.41 bits per heavy atom. The van der Waals surface area contributed by atoms with Crippen molar-refractivity contribution in [2.45, 2.75) is 26.4 Å². The van der Waals surface area contributed by atoms with Crippen molar-refractivity contribution in [3.8, 4) is 28.5 Å². The van der Waals surface area contributed by atoms with E-state index in [4.69, 9.17) is 9.72 Å². The Balaban J connectivity index is 1.32. The predicted octanol–water partition coefficient (Wildman–Crippen LogP) is 5.65. The molecule has 0 bridgehead atoms. The third-order valence-electron chi connectivity index (χ3n) is 6.83. The third-order valence-corrected chi connectivity index (χ3v) is 6.83. The summed E-state index contributed by atoms with van der Waals surface area (Å²) in [5, 5.41) is 17.6. The molecule has 0 aliphatic heterocycles. The van der Waals surface area contributed by atoms with Gasteiger partial charge in [0.15, 0.2) is 0 Å². The van der Waals surface area contributed by atoms with Gasteiger partial charge in [-0.1, -0.05) is 91.9 Å². The number of hydrogen-bond donors (Lipinski definition) is 2. The summed E-state index contributed by atoms with van der Waals surface area (Å²) >= 11 is 0. The lowest BCUT2D eigenvalue weighted by Gasteiger charge is -2.13. The molecule has 41 heavy (non-hydrogen) atoms. The van der Waals surface area contributed by atoms with Gasteiger partial charge in [0.25, 0.3) is 11.9 Å². The predicted molar refractivity (Wildman–Crippen MR) is 157 cm³/mol. The largest absolute Gasteiger partial charge is 0.465 e. The number of H-pyrrole nitrogens is 1. The minimum Gasteiger partial charge on any atom is -0.465 e. The highest BCUT2D eigenvalue weighted by Crippen LogP contribution is 2.31. The molecule has 0 aliphatic carbocycles. The van der Waals surface area contributed by atoms with Crippen molar-refractivity contribution in [2.75, 3.05) is 6.61 Å². The summed E-state index contributed by atoms with van der Waals surface area (Å²) in [5.41, 5.74) is 7.05. The summed E-state index contributed by atoms with van der Waals surface area (Å²) < 4.78 is 8.05. The summed E-state index contributed by atoms with van der Waals surface area (Å²) in [5.74, 6) is 0.390. The van der Waals surface area contributed by atoms with Crippen LogP contribution in [0.5, 0.6) is 6.01 Å². The quantitative estimate of drug-likeness (QED) is 0.231. The molecule has 0 radical (unpaired) electrons. The number of carbonyl (C=O) groups is 1. The maximum atomic E-state index is 13.4. The normalized spacial score (nSPS) is 11.0. The number of fused-ring (bicyclic) bond motifs is 1. The van der Waals surface area contributed by atoms with E-state index in [9.17, 15) is 4.79 Å². The van der Waals surface area contributed by atoms with Gasteiger partial charge in [0.2, 0.25) is 5.82 Å². The standard InChI is InChI=1S/C32H29N7O2/c1-2-19-41-32-34-28-14-8-13-27(31(40)33-20-22-9-4-3-5-10-22)29(28)39(32)21-23-15-17-24(18-16-23)25-11-6-7-12-26(25)30-35-37-38-36-30/h3-18H,2,19-21H2,1H3,(H,33,40)(H,35,36,37,38). The molecule has 2 N–H and O–H groups in total. The van der Waals surface area contributed by atoms with E-state index in [2.05, 4.69) is 57.1 Å². The molecule has 9 heteroatoms. The van der Waals surface area contributed by atoms with Gasteiger partial charge in [0, 0.05) is 12.1 Å². The average Bonchev–Trinajstić information content (AvgIpc) is 3.68. The SMILES string of the molecule is CCCOc1nc2cccc(C(=O)NCc3ccccc3)c2n1Cc1ccc(-c2ccccc2-c2nn[nH]n2)cc1. The van der Waals surface area contributed by atoms with Crippen LogP contribution in [0.2, 0.25) is 0 Å². The Bertz CT molecular complexity index is 1760. The fourth-order valence-corrected chi connectivity index (χ4v) is 4.85. The number of imidazole rings is 1. The molecule has 0 saturated carbocycles. The van der Waals surface area contributed by atoms with Gasteiger partial charge in [0.05, 0.1) is 29.7 Å². The van der Waals surface area contributed by atoms with Gasteiger partial charge in [-0.25, -0.2) is 0 Å². The highest BCUT2D eigenvalue weighted by Gasteiger charge is 2.20. The van der Waals surface area contributed by atoms with Crippen LogP contribution in [0.4, 0.5) is 0 Å². The topological polar surface area (TPSA) is 111 Å². The molecule has 0 fully saturated rings. The number of aromatic amines is 1. The summed E-state index contributed by atoms with van der Waals surface area (Å²) in [6.07, 6.45) is 0.849. The number of amides is 1. The molecule has 9 nitrogen and oxygen atoms in total. The third kappa shape index (κ3) is 5.56. The van der Waals surface area contributed by atoms with E-state index in [1.807, 2.05) is 77.4 Å². The molecule has 0 spiro atoms. The first-order valence-electron chi connectivity index (χ1n) is 13.6. The zero-order valence-electron chi connectivity index (χ0n) is 22.6. The zero-order valence-corrected chi connectivity index (χ0v) is 22.6. The molecule has 6 aromatic rings. The Morgan fingerprint density at radius 2 is 1.66 bits per heavy atom. The number of ether oxygens (including phenoxy) is 1. The maximum Gasteiger partial charge on any atom is 0.297 e.